The summed E-state index contributed by atoms with van der Waals surface area (Å²) in [7, 11) is 1.96. The molecule has 0 amide bonds. The number of benzene rings is 1. The Bertz CT molecular complexity index is 628. The molecule has 1 unspecified atom stereocenters. The summed E-state index contributed by atoms with van der Waals surface area (Å²) in [5, 5.41) is 10.1. The van der Waals surface area contributed by atoms with Crippen molar-refractivity contribution < 1.29 is 0 Å². The van der Waals surface area contributed by atoms with E-state index in [0.29, 0.717) is 0 Å². The molecule has 0 aliphatic heterocycles. The third-order valence-corrected chi connectivity index (χ3v) is 3.98. The molecule has 4 heteroatoms. The van der Waals surface area contributed by atoms with E-state index in [4.69, 9.17) is 0 Å². The van der Waals surface area contributed by atoms with E-state index >= 15 is 0 Å². The maximum absolute atomic E-state index is 4.67. The minimum absolute atomic E-state index is 0.157. The molecule has 0 fully saturated rings. The highest BCUT2D eigenvalue weighted by Gasteiger charge is 2.15. The van der Waals surface area contributed by atoms with Crippen LogP contribution in [0.25, 0.3) is 5.69 Å². The lowest BCUT2D eigenvalue weighted by molar-refractivity contribution is 0.667. The fourth-order valence-electron chi connectivity index (χ4n) is 2.11. The van der Waals surface area contributed by atoms with Crippen LogP contribution in [0, 0.1) is 0 Å². The van der Waals surface area contributed by atoms with Gasteiger partial charge in [0.15, 0.2) is 0 Å². The van der Waals surface area contributed by atoms with Gasteiger partial charge in [0, 0.05) is 11.1 Å². The second-order valence-electron chi connectivity index (χ2n) is 4.26. The van der Waals surface area contributed by atoms with Crippen LogP contribution >= 0.6 is 11.3 Å². The molecule has 19 heavy (non-hydrogen) atoms. The monoisotopic (exact) mass is 269 g/mol. The van der Waals surface area contributed by atoms with Gasteiger partial charge in [-0.05, 0) is 36.7 Å². The molecule has 1 atom stereocenters. The van der Waals surface area contributed by atoms with Crippen molar-refractivity contribution in [2.45, 2.75) is 6.04 Å². The van der Waals surface area contributed by atoms with Gasteiger partial charge in [-0.1, -0.05) is 24.3 Å². The van der Waals surface area contributed by atoms with Crippen LogP contribution in [0.5, 0.6) is 0 Å². The van der Waals surface area contributed by atoms with E-state index in [1.807, 2.05) is 36.1 Å². The Morgan fingerprint density at radius 2 is 1.95 bits per heavy atom. The molecular weight excluding hydrogens is 254 g/mol. The van der Waals surface area contributed by atoms with Crippen LogP contribution in [0.15, 0.2) is 60.1 Å². The quantitative estimate of drug-likeness (QED) is 0.788. The zero-order valence-corrected chi connectivity index (χ0v) is 11.5. The molecule has 2 aromatic heterocycles. The standard InChI is InChI=1S/C15H15N3S/c1-16-15(14-8-5-11-19-14)13-9-10-18(17-13)12-6-3-2-4-7-12/h2-11,15-16H,1H3. The number of hydrogen-bond donors (Lipinski definition) is 1. The maximum atomic E-state index is 4.67. The Hall–Kier alpha value is -1.91. The third kappa shape index (κ3) is 2.45. The molecule has 0 saturated heterocycles. The highest BCUT2D eigenvalue weighted by Crippen LogP contribution is 2.24. The van der Waals surface area contributed by atoms with Gasteiger partial charge in [0.25, 0.3) is 0 Å². The molecule has 0 aliphatic carbocycles. The fourth-order valence-corrected chi connectivity index (χ4v) is 2.95. The molecule has 3 rings (SSSR count). The first-order valence-electron chi connectivity index (χ1n) is 6.20. The SMILES string of the molecule is CNC(c1ccn(-c2ccccc2)n1)c1cccs1. The molecule has 1 N–H and O–H groups in total. The van der Waals surface area contributed by atoms with Crippen LogP contribution in [0.1, 0.15) is 16.6 Å². The minimum atomic E-state index is 0.157. The molecule has 0 radical (unpaired) electrons. The van der Waals surface area contributed by atoms with Gasteiger partial charge in [-0.25, -0.2) is 4.68 Å². The number of aromatic nitrogens is 2. The Labute approximate surface area is 116 Å². The molecule has 0 spiro atoms. The van der Waals surface area contributed by atoms with Crippen LogP contribution in [0.3, 0.4) is 0 Å². The van der Waals surface area contributed by atoms with E-state index in [1.165, 1.54) is 4.88 Å². The van der Waals surface area contributed by atoms with Crippen molar-refractivity contribution in [2.75, 3.05) is 7.05 Å². The van der Waals surface area contributed by atoms with Gasteiger partial charge in [-0.15, -0.1) is 11.3 Å². The van der Waals surface area contributed by atoms with Crippen LogP contribution in [-0.2, 0) is 0 Å². The Balaban J connectivity index is 1.93. The number of nitrogens with one attached hydrogen (secondary N) is 1. The molecule has 3 aromatic rings. The number of nitrogens with zero attached hydrogens (tertiary/aromatic N) is 2. The molecule has 0 bridgehead atoms. The smallest absolute Gasteiger partial charge is 0.0861 e. The van der Waals surface area contributed by atoms with Crippen molar-refractivity contribution in [1.29, 1.82) is 0 Å². The lowest BCUT2D eigenvalue weighted by Crippen LogP contribution is -2.17. The fraction of sp³-hybridized carbons (Fsp3) is 0.133. The van der Waals surface area contributed by atoms with Gasteiger partial charge in [-0.3, -0.25) is 0 Å². The number of hydrogen-bond acceptors (Lipinski definition) is 3. The summed E-state index contributed by atoms with van der Waals surface area (Å²) >= 11 is 1.74. The van der Waals surface area contributed by atoms with Crippen LogP contribution in [0.2, 0.25) is 0 Å². The van der Waals surface area contributed by atoms with Crippen LogP contribution in [0.4, 0.5) is 0 Å². The third-order valence-electron chi connectivity index (χ3n) is 3.04. The highest BCUT2D eigenvalue weighted by molar-refractivity contribution is 7.10. The molecule has 0 saturated carbocycles. The Kier molecular flexibility index (Phi) is 3.44. The van der Waals surface area contributed by atoms with Crippen molar-refractivity contribution in [3.05, 3.63) is 70.7 Å². The van der Waals surface area contributed by atoms with Crippen molar-refractivity contribution in [3.8, 4) is 5.69 Å². The molecule has 3 nitrogen and oxygen atoms in total. The van der Waals surface area contributed by atoms with E-state index < -0.39 is 0 Å². The summed E-state index contributed by atoms with van der Waals surface area (Å²) in [4.78, 5) is 1.28. The predicted molar refractivity (Wildman–Crippen MR) is 78.8 cm³/mol. The zero-order chi connectivity index (χ0) is 13.1. The summed E-state index contributed by atoms with van der Waals surface area (Å²) in [5.74, 6) is 0. The van der Waals surface area contributed by atoms with Crippen LogP contribution in [-0.4, -0.2) is 16.8 Å². The van der Waals surface area contributed by atoms with Gasteiger partial charge >= 0.3 is 0 Å². The van der Waals surface area contributed by atoms with Crippen molar-refractivity contribution in [2.24, 2.45) is 0 Å². The number of para-hydroxylation sites is 1. The Morgan fingerprint density at radius 3 is 2.63 bits per heavy atom. The second-order valence-corrected chi connectivity index (χ2v) is 5.24. The summed E-state index contributed by atoms with van der Waals surface area (Å²) in [5.41, 5.74) is 2.11. The molecule has 1 aromatic carbocycles. The molecule has 96 valence electrons. The first-order chi connectivity index (χ1) is 9.38. The van der Waals surface area contributed by atoms with E-state index in [2.05, 4.69) is 46.1 Å². The lowest BCUT2D eigenvalue weighted by Gasteiger charge is -2.11. The summed E-state index contributed by atoms with van der Waals surface area (Å²) < 4.78 is 1.91. The van der Waals surface area contributed by atoms with Gasteiger partial charge in [0.2, 0.25) is 0 Å². The molecule has 2 heterocycles. The van der Waals surface area contributed by atoms with E-state index in [0.717, 1.165) is 11.4 Å². The van der Waals surface area contributed by atoms with E-state index in [1.54, 1.807) is 11.3 Å². The summed E-state index contributed by atoms with van der Waals surface area (Å²) in [6.45, 7) is 0. The van der Waals surface area contributed by atoms with E-state index in [-0.39, 0.29) is 6.04 Å². The van der Waals surface area contributed by atoms with Gasteiger partial charge < -0.3 is 5.32 Å². The lowest BCUT2D eigenvalue weighted by atomic mass is 10.2. The van der Waals surface area contributed by atoms with Gasteiger partial charge in [0.05, 0.1) is 17.4 Å². The van der Waals surface area contributed by atoms with Gasteiger partial charge in [-0.2, -0.15) is 5.10 Å². The first-order valence-corrected chi connectivity index (χ1v) is 7.08. The maximum Gasteiger partial charge on any atom is 0.0861 e. The summed E-state index contributed by atoms with van der Waals surface area (Å²) in [6.07, 6.45) is 2.00. The average molecular weight is 269 g/mol. The predicted octanol–water partition coefficient (Wildman–Crippen LogP) is 3.24. The number of thiophene rings is 1. The van der Waals surface area contributed by atoms with Gasteiger partial charge in [0.1, 0.15) is 0 Å². The average Bonchev–Trinajstić information content (AvgIpc) is 3.12. The topological polar surface area (TPSA) is 29.9 Å². The molecule has 0 aliphatic rings. The van der Waals surface area contributed by atoms with E-state index in [9.17, 15) is 0 Å². The number of rotatable bonds is 4. The molecular formula is C15H15N3S. The highest BCUT2D eigenvalue weighted by atomic mass is 32.1. The van der Waals surface area contributed by atoms with Crippen molar-refractivity contribution >= 4 is 11.3 Å². The second kappa shape index (κ2) is 5.38. The van der Waals surface area contributed by atoms with Crippen molar-refractivity contribution in [3.63, 3.8) is 0 Å². The largest absolute Gasteiger partial charge is 0.307 e. The Morgan fingerprint density at radius 1 is 1.11 bits per heavy atom. The van der Waals surface area contributed by atoms with Crippen molar-refractivity contribution in [1.82, 2.24) is 15.1 Å². The first kappa shape index (κ1) is 12.1. The minimum Gasteiger partial charge on any atom is -0.307 e. The zero-order valence-electron chi connectivity index (χ0n) is 10.7. The van der Waals surface area contributed by atoms with Crippen LogP contribution < -0.4 is 5.32 Å². The normalized spacial score (nSPS) is 12.5. The summed E-state index contributed by atoms with van der Waals surface area (Å²) in [6, 6.07) is 16.6.